The van der Waals surface area contributed by atoms with Gasteiger partial charge >= 0.3 is 0 Å². The molecule has 144 valence electrons. The van der Waals surface area contributed by atoms with Crippen LogP contribution >= 0.6 is 11.6 Å². The Labute approximate surface area is 165 Å². The van der Waals surface area contributed by atoms with Crippen molar-refractivity contribution < 1.29 is 14.2 Å². The topological polar surface area (TPSA) is 43.0 Å². The Balaban J connectivity index is 1.27. The summed E-state index contributed by atoms with van der Waals surface area (Å²) in [7, 11) is 0. The van der Waals surface area contributed by atoms with E-state index in [1.54, 1.807) is 0 Å². The molecule has 4 rings (SSSR count). The standard InChI is InChI=1S/C21H25ClN2O3/c22-19-10-17(11-20-21(19)27-9-8-26-20)12-23-13-18-15-24(6-7-25-18)14-16-4-2-1-3-5-16/h1-5,10-11,18,23H,6-9,12-15H2/t18-/m0/s1. The first-order chi connectivity index (χ1) is 13.3. The number of rotatable bonds is 6. The van der Waals surface area contributed by atoms with Crippen molar-refractivity contribution in [2.75, 3.05) is 39.5 Å². The second-order valence-electron chi connectivity index (χ2n) is 6.95. The van der Waals surface area contributed by atoms with Crippen LogP contribution in [0.3, 0.4) is 0 Å². The number of hydrogen-bond donors (Lipinski definition) is 1. The normalized spacial score (nSPS) is 19.8. The minimum absolute atomic E-state index is 0.190. The molecule has 0 radical (unpaired) electrons. The van der Waals surface area contributed by atoms with Crippen LogP contribution in [0.4, 0.5) is 0 Å². The van der Waals surface area contributed by atoms with E-state index >= 15 is 0 Å². The Morgan fingerprint density at radius 3 is 2.78 bits per heavy atom. The van der Waals surface area contributed by atoms with Gasteiger partial charge in [0.2, 0.25) is 0 Å². The summed E-state index contributed by atoms with van der Waals surface area (Å²) in [5, 5.41) is 4.09. The van der Waals surface area contributed by atoms with E-state index in [0.29, 0.717) is 24.0 Å². The lowest BCUT2D eigenvalue weighted by Gasteiger charge is -2.33. The van der Waals surface area contributed by atoms with E-state index in [-0.39, 0.29) is 6.10 Å². The van der Waals surface area contributed by atoms with Crippen LogP contribution in [0.5, 0.6) is 11.5 Å². The first-order valence-corrected chi connectivity index (χ1v) is 9.82. The largest absolute Gasteiger partial charge is 0.486 e. The van der Waals surface area contributed by atoms with E-state index in [0.717, 1.165) is 50.6 Å². The summed E-state index contributed by atoms with van der Waals surface area (Å²) in [6.45, 7) is 6.28. The molecule has 2 aromatic carbocycles. The third-order valence-corrected chi connectivity index (χ3v) is 5.11. The number of halogens is 1. The molecular formula is C21H25ClN2O3. The van der Waals surface area contributed by atoms with Crippen molar-refractivity contribution in [3.8, 4) is 11.5 Å². The molecule has 0 spiro atoms. The number of nitrogens with zero attached hydrogens (tertiary/aromatic N) is 1. The van der Waals surface area contributed by atoms with E-state index < -0.39 is 0 Å². The van der Waals surface area contributed by atoms with Crippen LogP contribution in [0.25, 0.3) is 0 Å². The molecule has 2 heterocycles. The van der Waals surface area contributed by atoms with Gasteiger partial charge in [0.05, 0.1) is 17.7 Å². The van der Waals surface area contributed by atoms with Gasteiger partial charge in [0.15, 0.2) is 11.5 Å². The van der Waals surface area contributed by atoms with Gasteiger partial charge in [-0.2, -0.15) is 0 Å². The van der Waals surface area contributed by atoms with Gasteiger partial charge < -0.3 is 19.5 Å². The van der Waals surface area contributed by atoms with Crippen molar-refractivity contribution >= 4 is 11.6 Å². The van der Waals surface area contributed by atoms with Gasteiger partial charge in [-0.15, -0.1) is 0 Å². The molecule has 0 amide bonds. The number of fused-ring (bicyclic) bond motifs is 1. The summed E-state index contributed by atoms with van der Waals surface area (Å²) in [5.74, 6) is 1.38. The Morgan fingerprint density at radius 1 is 1.04 bits per heavy atom. The Morgan fingerprint density at radius 2 is 1.89 bits per heavy atom. The molecule has 0 aromatic heterocycles. The zero-order valence-corrected chi connectivity index (χ0v) is 16.1. The molecular weight excluding hydrogens is 364 g/mol. The number of hydrogen-bond acceptors (Lipinski definition) is 5. The number of ether oxygens (including phenoxy) is 3. The van der Waals surface area contributed by atoms with E-state index in [2.05, 4.69) is 40.5 Å². The molecule has 1 atom stereocenters. The molecule has 6 heteroatoms. The van der Waals surface area contributed by atoms with Gasteiger partial charge in [-0.1, -0.05) is 41.9 Å². The quantitative estimate of drug-likeness (QED) is 0.823. The van der Waals surface area contributed by atoms with E-state index in [9.17, 15) is 0 Å². The molecule has 1 N–H and O–H groups in total. The first-order valence-electron chi connectivity index (χ1n) is 9.44. The maximum absolute atomic E-state index is 6.31. The molecule has 27 heavy (non-hydrogen) atoms. The summed E-state index contributed by atoms with van der Waals surface area (Å²) in [6, 6.07) is 14.5. The highest BCUT2D eigenvalue weighted by Gasteiger charge is 2.21. The van der Waals surface area contributed by atoms with E-state index in [4.69, 9.17) is 25.8 Å². The number of benzene rings is 2. The van der Waals surface area contributed by atoms with Crippen LogP contribution in [0.1, 0.15) is 11.1 Å². The van der Waals surface area contributed by atoms with Crippen LogP contribution in [-0.4, -0.2) is 50.5 Å². The molecule has 1 fully saturated rings. The Hall–Kier alpha value is -1.79. The Bertz CT molecular complexity index is 757. The summed E-state index contributed by atoms with van der Waals surface area (Å²) in [4.78, 5) is 2.45. The number of nitrogens with one attached hydrogen (secondary N) is 1. The lowest BCUT2D eigenvalue weighted by molar-refractivity contribution is -0.0300. The highest BCUT2D eigenvalue weighted by molar-refractivity contribution is 6.32. The van der Waals surface area contributed by atoms with Crippen molar-refractivity contribution in [3.05, 3.63) is 58.6 Å². The summed E-state index contributed by atoms with van der Waals surface area (Å²) < 4.78 is 17.1. The van der Waals surface area contributed by atoms with Crippen molar-refractivity contribution in [1.82, 2.24) is 10.2 Å². The van der Waals surface area contributed by atoms with Gasteiger partial charge in [0, 0.05) is 32.7 Å². The zero-order valence-electron chi connectivity index (χ0n) is 15.3. The fraction of sp³-hybridized carbons (Fsp3) is 0.429. The van der Waals surface area contributed by atoms with E-state index in [1.165, 1.54) is 5.56 Å². The van der Waals surface area contributed by atoms with Gasteiger partial charge in [0.1, 0.15) is 13.2 Å². The van der Waals surface area contributed by atoms with Crippen LogP contribution < -0.4 is 14.8 Å². The van der Waals surface area contributed by atoms with Crippen molar-refractivity contribution in [2.24, 2.45) is 0 Å². The number of morpholine rings is 1. The second kappa shape index (κ2) is 8.93. The maximum Gasteiger partial charge on any atom is 0.179 e. The molecule has 5 nitrogen and oxygen atoms in total. The lowest BCUT2D eigenvalue weighted by atomic mass is 10.1. The first kappa shape index (κ1) is 18.6. The summed E-state index contributed by atoms with van der Waals surface area (Å²) in [5.41, 5.74) is 2.43. The monoisotopic (exact) mass is 388 g/mol. The SMILES string of the molecule is Clc1cc(CNC[C@H]2CN(Cc3ccccc3)CCO2)cc2c1OCCO2. The average Bonchev–Trinajstić information content (AvgIpc) is 2.69. The Kier molecular flexibility index (Phi) is 6.14. The van der Waals surface area contributed by atoms with Gasteiger partial charge in [0.25, 0.3) is 0 Å². The van der Waals surface area contributed by atoms with Crippen LogP contribution in [0, 0.1) is 0 Å². The minimum atomic E-state index is 0.190. The van der Waals surface area contributed by atoms with Crippen LogP contribution in [0.15, 0.2) is 42.5 Å². The minimum Gasteiger partial charge on any atom is -0.486 e. The third kappa shape index (κ3) is 4.93. The van der Waals surface area contributed by atoms with Crippen molar-refractivity contribution in [2.45, 2.75) is 19.2 Å². The average molecular weight is 389 g/mol. The molecule has 2 aromatic rings. The molecule has 2 aliphatic rings. The van der Waals surface area contributed by atoms with Gasteiger partial charge in [-0.3, -0.25) is 4.90 Å². The summed E-state index contributed by atoms with van der Waals surface area (Å²) >= 11 is 6.31. The molecule has 2 aliphatic heterocycles. The van der Waals surface area contributed by atoms with Crippen LogP contribution in [0.2, 0.25) is 5.02 Å². The summed E-state index contributed by atoms with van der Waals surface area (Å²) in [6.07, 6.45) is 0.190. The zero-order chi connectivity index (χ0) is 18.5. The van der Waals surface area contributed by atoms with Crippen molar-refractivity contribution in [3.63, 3.8) is 0 Å². The predicted octanol–water partition coefficient (Wildman–Crippen LogP) is 3.10. The fourth-order valence-corrected chi connectivity index (χ4v) is 3.82. The highest BCUT2D eigenvalue weighted by Crippen LogP contribution is 2.38. The van der Waals surface area contributed by atoms with Gasteiger partial charge in [-0.05, 0) is 23.3 Å². The van der Waals surface area contributed by atoms with Crippen LogP contribution in [-0.2, 0) is 17.8 Å². The van der Waals surface area contributed by atoms with Crippen molar-refractivity contribution in [1.29, 1.82) is 0 Å². The highest BCUT2D eigenvalue weighted by atomic mass is 35.5. The molecule has 0 unspecified atom stereocenters. The molecule has 0 bridgehead atoms. The smallest absolute Gasteiger partial charge is 0.179 e. The molecule has 0 saturated carbocycles. The van der Waals surface area contributed by atoms with Gasteiger partial charge in [-0.25, -0.2) is 0 Å². The van der Waals surface area contributed by atoms with E-state index in [1.807, 2.05) is 12.1 Å². The second-order valence-corrected chi connectivity index (χ2v) is 7.35. The lowest BCUT2D eigenvalue weighted by Crippen LogP contribution is -2.46. The maximum atomic E-state index is 6.31. The molecule has 1 saturated heterocycles. The predicted molar refractivity (Wildman–Crippen MR) is 106 cm³/mol. The molecule has 0 aliphatic carbocycles. The fourth-order valence-electron chi connectivity index (χ4n) is 3.53. The third-order valence-electron chi connectivity index (χ3n) is 4.83.